The van der Waals surface area contributed by atoms with Crippen LogP contribution in [0.5, 0.6) is 0 Å². The molecule has 0 bridgehead atoms. The van der Waals surface area contributed by atoms with Crippen LogP contribution in [0.25, 0.3) is 0 Å². The van der Waals surface area contributed by atoms with E-state index >= 15 is 0 Å². The third-order valence-corrected chi connectivity index (χ3v) is 16.3. The Labute approximate surface area is 550 Å². The summed E-state index contributed by atoms with van der Waals surface area (Å²) in [5.41, 5.74) is 0. The Bertz CT molecular complexity index is 1980. The summed E-state index contributed by atoms with van der Waals surface area (Å²) in [6.45, 7) is 5.65. The molecule has 0 spiro atoms. The van der Waals surface area contributed by atoms with E-state index in [-0.39, 0.29) is 19.4 Å². The molecule has 6 N–H and O–H groups in total. The first kappa shape index (κ1) is 83.8. The van der Waals surface area contributed by atoms with E-state index in [1.54, 1.807) is 6.08 Å². The molecular formula is C79H133NO10. The standard InChI is InChI=1S/C79H133NO10/c1-4-7-10-13-16-19-22-25-27-29-31-33-35-37-39-41-43-45-47-49-52-55-58-61-64-67-74(84)90-77-76(86)75(85)73(68-81)89-79(77)88-69-70(71(82)65-62-59-56-53-50-24-21-18-15-12-9-6-3)80-78(87)72(83)66-63-60-57-54-51-48-46-44-42-40-38-36-34-32-30-28-26-23-20-17-14-11-8-5-2/h8,11,16-17,19-20,25-28,31-34,37-40,44,46,62,65,70-73,75-77,79,81-83,85-86H,4-7,9-10,12-15,18,21-24,29-30,35-36,41-43,45,47-61,63-64,66-69H2,1-3H3,(H,80,87)/b11-8-,19-16-,20-17-,27-25-,28-26-,33-31-,34-32-,39-37-,40-38-,46-44-,65-62+. The Morgan fingerprint density at radius 3 is 1.22 bits per heavy atom. The number of allylic oxidation sites excluding steroid dienone is 21. The zero-order valence-corrected chi connectivity index (χ0v) is 57.2. The Hall–Kier alpha value is -4.20. The predicted molar refractivity (Wildman–Crippen MR) is 379 cm³/mol. The molecule has 0 aromatic rings. The second-order valence-electron chi connectivity index (χ2n) is 24.6. The molecule has 0 aromatic carbocycles. The van der Waals surface area contributed by atoms with Gasteiger partial charge in [-0.25, -0.2) is 0 Å². The molecule has 1 aliphatic rings. The largest absolute Gasteiger partial charge is 0.454 e. The van der Waals surface area contributed by atoms with Crippen LogP contribution in [-0.4, -0.2) is 99.6 Å². The fraction of sp³-hybridized carbons (Fsp3) is 0.696. The van der Waals surface area contributed by atoms with Gasteiger partial charge in [0.2, 0.25) is 5.91 Å². The van der Waals surface area contributed by atoms with Gasteiger partial charge in [0.25, 0.3) is 0 Å². The minimum absolute atomic E-state index is 0.108. The van der Waals surface area contributed by atoms with Crippen LogP contribution < -0.4 is 5.32 Å². The highest BCUT2D eigenvalue weighted by molar-refractivity contribution is 5.80. The lowest BCUT2D eigenvalue weighted by Crippen LogP contribution is -2.61. The smallest absolute Gasteiger partial charge is 0.306 e. The summed E-state index contributed by atoms with van der Waals surface area (Å²) >= 11 is 0. The number of ether oxygens (including phenoxy) is 3. The minimum atomic E-state index is -1.63. The number of hydrogen-bond donors (Lipinski definition) is 6. The summed E-state index contributed by atoms with van der Waals surface area (Å²) in [6.07, 6.45) is 81.9. The molecule has 0 aliphatic carbocycles. The van der Waals surface area contributed by atoms with E-state index in [0.29, 0.717) is 12.8 Å². The number of unbranched alkanes of at least 4 members (excludes halogenated alkanes) is 27. The molecule has 8 unspecified atom stereocenters. The Morgan fingerprint density at radius 1 is 0.444 bits per heavy atom. The molecule has 514 valence electrons. The third-order valence-electron chi connectivity index (χ3n) is 16.3. The van der Waals surface area contributed by atoms with Crippen molar-refractivity contribution in [1.29, 1.82) is 0 Å². The summed E-state index contributed by atoms with van der Waals surface area (Å²) in [5.74, 6) is -1.22. The van der Waals surface area contributed by atoms with Crippen LogP contribution in [-0.2, 0) is 23.8 Å². The van der Waals surface area contributed by atoms with Crippen molar-refractivity contribution >= 4 is 11.9 Å². The van der Waals surface area contributed by atoms with Crippen LogP contribution in [0.2, 0.25) is 0 Å². The molecule has 1 aliphatic heterocycles. The maximum Gasteiger partial charge on any atom is 0.306 e. The van der Waals surface area contributed by atoms with E-state index in [1.807, 2.05) is 6.08 Å². The van der Waals surface area contributed by atoms with Crippen LogP contribution in [0.1, 0.15) is 290 Å². The van der Waals surface area contributed by atoms with Crippen LogP contribution in [0, 0.1) is 0 Å². The van der Waals surface area contributed by atoms with E-state index in [0.717, 1.165) is 148 Å². The van der Waals surface area contributed by atoms with Gasteiger partial charge in [-0.15, -0.1) is 0 Å². The molecule has 0 radical (unpaired) electrons. The number of hydrogen-bond acceptors (Lipinski definition) is 10. The zero-order chi connectivity index (χ0) is 65.3. The van der Waals surface area contributed by atoms with Crippen LogP contribution >= 0.6 is 0 Å². The van der Waals surface area contributed by atoms with Crippen molar-refractivity contribution in [3.8, 4) is 0 Å². The SMILES string of the molecule is CC/C=C\C/C=C\C/C=C\C/C=C\C/C=C\C/C=C\CCCCCCCC(O)C(=O)NC(COC1OC(CO)C(O)C(O)C1OC(=O)CCCCCCCCCCC/C=C\C/C=C\C/C=C\C/C=C\CCCCC)C(O)/C=C/CCCCCCCCCCCC. The van der Waals surface area contributed by atoms with Crippen molar-refractivity contribution in [2.75, 3.05) is 13.2 Å². The molecule has 0 saturated carbocycles. The number of carbonyl (C=O) groups is 2. The Balaban J connectivity index is 2.59. The molecule has 1 fully saturated rings. The molecule has 1 amide bonds. The number of aliphatic hydroxyl groups excluding tert-OH is 5. The normalized spacial score (nSPS) is 18.9. The number of amides is 1. The minimum Gasteiger partial charge on any atom is -0.454 e. The fourth-order valence-corrected chi connectivity index (χ4v) is 10.6. The molecule has 11 heteroatoms. The van der Waals surface area contributed by atoms with Gasteiger partial charge in [-0.3, -0.25) is 9.59 Å². The van der Waals surface area contributed by atoms with Crippen molar-refractivity contribution in [2.24, 2.45) is 0 Å². The highest BCUT2D eigenvalue weighted by Crippen LogP contribution is 2.26. The molecule has 1 rings (SSSR count). The molecule has 90 heavy (non-hydrogen) atoms. The van der Waals surface area contributed by atoms with Crippen molar-refractivity contribution in [1.82, 2.24) is 5.32 Å². The lowest BCUT2D eigenvalue weighted by Gasteiger charge is -2.41. The Morgan fingerprint density at radius 2 is 0.800 bits per heavy atom. The lowest BCUT2D eigenvalue weighted by molar-refractivity contribution is -0.305. The van der Waals surface area contributed by atoms with Gasteiger partial charge in [-0.2, -0.15) is 0 Å². The number of aliphatic hydroxyl groups is 5. The maximum atomic E-state index is 13.5. The fourth-order valence-electron chi connectivity index (χ4n) is 10.6. The second-order valence-corrected chi connectivity index (χ2v) is 24.6. The number of esters is 1. The van der Waals surface area contributed by atoms with Crippen molar-refractivity contribution in [3.63, 3.8) is 0 Å². The summed E-state index contributed by atoms with van der Waals surface area (Å²) in [5, 5.41) is 57.3. The first-order valence-corrected chi connectivity index (χ1v) is 36.5. The quantitative estimate of drug-likeness (QED) is 0.0195. The lowest BCUT2D eigenvalue weighted by atomic mass is 9.99. The Kier molecular flexibility index (Phi) is 60.4. The molecule has 11 nitrogen and oxygen atoms in total. The van der Waals surface area contributed by atoms with E-state index in [9.17, 15) is 35.1 Å². The van der Waals surface area contributed by atoms with Crippen LogP contribution in [0.15, 0.2) is 134 Å². The number of nitrogens with one attached hydrogen (secondary N) is 1. The second kappa shape index (κ2) is 64.9. The van der Waals surface area contributed by atoms with Gasteiger partial charge in [0.1, 0.15) is 24.4 Å². The van der Waals surface area contributed by atoms with Crippen molar-refractivity contribution < 1.29 is 49.3 Å². The van der Waals surface area contributed by atoms with Crippen molar-refractivity contribution in [2.45, 2.75) is 339 Å². The topological polar surface area (TPSA) is 175 Å². The average molecular weight is 1260 g/mol. The molecule has 0 aromatic heterocycles. The maximum absolute atomic E-state index is 13.5. The van der Waals surface area contributed by atoms with Gasteiger partial charge in [-0.1, -0.05) is 296 Å². The third kappa shape index (κ3) is 51.3. The molecule has 1 saturated heterocycles. The van der Waals surface area contributed by atoms with Crippen LogP contribution in [0.4, 0.5) is 0 Å². The van der Waals surface area contributed by atoms with Gasteiger partial charge in [0.05, 0.1) is 25.4 Å². The first-order valence-electron chi connectivity index (χ1n) is 36.5. The summed E-state index contributed by atoms with van der Waals surface area (Å²) in [6, 6.07) is -1.04. The monoisotopic (exact) mass is 1260 g/mol. The summed E-state index contributed by atoms with van der Waals surface area (Å²) in [4.78, 5) is 26.7. The number of rotatable bonds is 61. The summed E-state index contributed by atoms with van der Waals surface area (Å²) < 4.78 is 17.7. The molecule has 8 atom stereocenters. The van der Waals surface area contributed by atoms with Gasteiger partial charge in [0, 0.05) is 6.42 Å². The highest BCUT2D eigenvalue weighted by atomic mass is 16.7. The van der Waals surface area contributed by atoms with Gasteiger partial charge in [0.15, 0.2) is 12.4 Å². The molecular weight excluding hydrogens is 1120 g/mol. The zero-order valence-electron chi connectivity index (χ0n) is 57.2. The highest BCUT2D eigenvalue weighted by Gasteiger charge is 2.47. The first-order chi connectivity index (χ1) is 44.2. The predicted octanol–water partition coefficient (Wildman–Crippen LogP) is 19.1. The van der Waals surface area contributed by atoms with Gasteiger partial charge < -0.3 is 45.1 Å². The summed E-state index contributed by atoms with van der Waals surface area (Å²) in [7, 11) is 0. The average Bonchev–Trinajstić information content (AvgIpc) is 2.18. The van der Waals surface area contributed by atoms with Gasteiger partial charge in [-0.05, 0) is 122 Å². The molecule has 1 heterocycles. The van der Waals surface area contributed by atoms with Crippen LogP contribution in [0.3, 0.4) is 0 Å². The van der Waals surface area contributed by atoms with E-state index < -0.39 is 67.4 Å². The number of carbonyl (C=O) groups excluding carboxylic acids is 2. The van der Waals surface area contributed by atoms with Gasteiger partial charge >= 0.3 is 5.97 Å². The van der Waals surface area contributed by atoms with E-state index in [2.05, 4.69) is 148 Å². The van der Waals surface area contributed by atoms with Crippen molar-refractivity contribution in [3.05, 3.63) is 134 Å². The van der Waals surface area contributed by atoms with E-state index in [1.165, 1.54) is 96.3 Å². The van der Waals surface area contributed by atoms with E-state index in [4.69, 9.17) is 14.2 Å².